The molecule has 0 saturated carbocycles. The zero-order valence-corrected chi connectivity index (χ0v) is 11.2. The molecule has 3 rings (SSSR count). The number of aromatic nitrogens is 5. The van der Waals surface area contributed by atoms with Crippen molar-refractivity contribution in [2.24, 2.45) is 0 Å². The Labute approximate surface area is 117 Å². The predicted molar refractivity (Wildman–Crippen MR) is 70.8 cm³/mol. The first-order chi connectivity index (χ1) is 9.65. The first kappa shape index (κ1) is 12.5. The summed E-state index contributed by atoms with van der Waals surface area (Å²) >= 11 is 1.22. The molecule has 20 heavy (non-hydrogen) atoms. The van der Waals surface area contributed by atoms with Crippen LogP contribution in [0.25, 0.3) is 5.78 Å². The fourth-order valence-corrected chi connectivity index (χ4v) is 2.73. The lowest BCUT2D eigenvalue weighted by Gasteiger charge is -2.06. The summed E-state index contributed by atoms with van der Waals surface area (Å²) in [5, 5.41) is 14.4. The number of rotatable bonds is 3. The van der Waals surface area contributed by atoms with Crippen LogP contribution in [0.4, 0.5) is 0 Å². The largest absolute Gasteiger partial charge is 0.478 e. The van der Waals surface area contributed by atoms with Gasteiger partial charge in [0.15, 0.2) is 0 Å². The first-order valence-electron chi connectivity index (χ1n) is 5.68. The standard InChI is InChI=1S/C12H9N5O2S/c1-7-5-9(17-12(16-7)14-6-15-17)20-10-8(11(18)19)3-2-4-13-10/h2-6H,1H3,(H,18,19). The molecule has 8 heteroatoms. The zero-order chi connectivity index (χ0) is 14.1. The third kappa shape index (κ3) is 2.21. The van der Waals surface area contributed by atoms with Crippen molar-refractivity contribution >= 4 is 23.5 Å². The Hall–Kier alpha value is -2.48. The average Bonchev–Trinajstić information content (AvgIpc) is 2.87. The van der Waals surface area contributed by atoms with Crippen LogP contribution in [-0.2, 0) is 0 Å². The number of pyridine rings is 1. The Balaban J connectivity index is 2.10. The van der Waals surface area contributed by atoms with E-state index < -0.39 is 5.97 Å². The molecule has 0 aliphatic rings. The molecule has 0 aliphatic heterocycles. The molecule has 0 fully saturated rings. The molecule has 3 aromatic heterocycles. The highest BCUT2D eigenvalue weighted by molar-refractivity contribution is 7.99. The number of fused-ring (bicyclic) bond motifs is 1. The normalized spacial score (nSPS) is 10.8. The van der Waals surface area contributed by atoms with E-state index in [1.165, 1.54) is 24.2 Å². The summed E-state index contributed by atoms with van der Waals surface area (Å²) in [7, 11) is 0. The van der Waals surface area contributed by atoms with Crippen molar-refractivity contribution in [3.8, 4) is 0 Å². The molecule has 0 bridgehead atoms. The molecule has 0 atom stereocenters. The second kappa shape index (κ2) is 4.89. The van der Waals surface area contributed by atoms with E-state index in [0.29, 0.717) is 15.8 Å². The van der Waals surface area contributed by atoms with E-state index in [1.54, 1.807) is 16.8 Å². The van der Waals surface area contributed by atoms with Gasteiger partial charge in [-0.05, 0) is 36.9 Å². The van der Waals surface area contributed by atoms with Gasteiger partial charge in [-0.1, -0.05) is 0 Å². The minimum Gasteiger partial charge on any atom is -0.478 e. The quantitative estimate of drug-likeness (QED) is 0.732. The summed E-state index contributed by atoms with van der Waals surface area (Å²) in [6.07, 6.45) is 2.96. The molecule has 0 saturated heterocycles. The summed E-state index contributed by atoms with van der Waals surface area (Å²) in [6.45, 7) is 1.84. The van der Waals surface area contributed by atoms with Crippen LogP contribution < -0.4 is 0 Å². The van der Waals surface area contributed by atoms with Gasteiger partial charge in [-0.2, -0.15) is 14.6 Å². The second-order valence-electron chi connectivity index (χ2n) is 3.97. The van der Waals surface area contributed by atoms with Crippen molar-refractivity contribution in [2.45, 2.75) is 17.0 Å². The van der Waals surface area contributed by atoms with Crippen LogP contribution in [0.15, 0.2) is 40.8 Å². The van der Waals surface area contributed by atoms with Crippen molar-refractivity contribution in [2.75, 3.05) is 0 Å². The van der Waals surface area contributed by atoms with E-state index in [2.05, 4.69) is 20.1 Å². The van der Waals surface area contributed by atoms with Gasteiger partial charge in [-0.3, -0.25) is 0 Å². The average molecular weight is 287 g/mol. The molecular weight excluding hydrogens is 278 g/mol. The molecule has 3 heterocycles. The Bertz CT molecular complexity index is 801. The summed E-state index contributed by atoms with van der Waals surface area (Å²) in [4.78, 5) is 23.6. The maximum Gasteiger partial charge on any atom is 0.338 e. The second-order valence-corrected chi connectivity index (χ2v) is 4.98. The number of carboxylic acids is 1. The molecule has 0 unspecified atom stereocenters. The Morgan fingerprint density at radius 2 is 2.25 bits per heavy atom. The van der Waals surface area contributed by atoms with Crippen molar-refractivity contribution in [1.29, 1.82) is 0 Å². The molecule has 3 aromatic rings. The molecule has 0 amide bonds. The van der Waals surface area contributed by atoms with E-state index in [4.69, 9.17) is 0 Å². The van der Waals surface area contributed by atoms with Gasteiger partial charge in [0, 0.05) is 11.9 Å². The van der Waals surface area contributed by atoms with Gasteiger partial charge in [0.05, 0.1) is 5.56 Å². The highest BCUT2D eigenvalue weighted by Crippen LogP contribution is 2.28. The van der Waals surface area contributed by atoms with Crippen LogP contribution in [0, 0.1) is 6.92 Å². The Kier molecular flexibility index (Phi) is 3.07. The minimum atomic E-state index is -1.01. The summed E-state index contributed by atoms with van der Waals surface area (Å²) in [5.41, 5.74) is 0.932. The van der Waals surface area contributed by atoms with Crippen molar-refractivity contribution in [3.05, 3.63) is 42.0 Å². The van der Waals surface area contributed by atoms with Crippen molar-refractivity contribution in [3.63, 3.8) is 0 Å². The fraction of sp³-hybridized carbons (Fsp3) is 0.0833. The van der Waals surface area contributed by atoms with Gasteiger partial charge in [0.1, 0.15) is 16.4 Å². The smallest absolute Gasteiger partial charge is 0.338 e. The lowest BCUT2D eigenvalue weighted by molar-refractivity contribution is 0.0692. The van der Waals surface area contributed by atoms with Crippen molar-refractivity contribution < 1.29 is 9.90 Å². The van der Waals surface area contributed by atoms with E-state index in [-0.39, 0.29) is 5.56 Å². The third-order valence-corrected chi connectivity index (χ3v) is 3.57. The number of nitrogens with zero attached hydrogens (tertiary/aromatic N) is 5. The van der Waals surface area contributed by atoms with Crippen LogP contribution >= 0.6 is 11.8 Å². The molecule has 0 radical (unpaired) electrons. The summed E-state index contributed by atoms with van der Waals surface area (Å²) < 4.78 is 1.55. The van der Waals surface area contributed by atoms with Gasteiger partial charge in [-0.15, -0.1) is 0 Å². The number of aromatic carboxylic acids is 1. The topological polar surface area (TPSA) is 93.3 Å². The number of aryl methyl sites for hydroxylation is 1. The van der Waals surface area contributed by atoms with E-state index in [9.17, 15) is 9.90 Å². The van der Waals surface area contributed by atoms with E-state index in [0.717, 1.165) is 5.69 Å². The first-order valence-corrected chi connectivity index (χ1v) is 6.50. The number of carbonyl (C=O) groups is 1. The molecule has 1 N–H and O–H groups in total. The number of hydrogen-bond donors (Lipinski definition) is 1. The molecule has 7 nitrogen and oxygen atoms in total. The van der Waals surface area contributed by atoms with Gasteiger partial charge >= 0.3 is 5.97 Å². The third-order valence-electron chi connectivity index (χ3n) is 2.55. The minimum absolute atomic E-state index is 0.153. The van der Waals surface area contributed by atoms with Gasteiger partial charge in [-0.25, -0.2) is 14.8 Å². The maximum atomic E-state index is 11.2. The van der Waals surface area contributed by atoms with Crippen LogP contribution in [0.5, 0.6) is 0 Å². The van der Waals surface area contributed by atoms with E-state index in [1.807, 2.05) is 13.0 Å². The van der Waals surface area contributed by atoms with Gasteiger partial charge in [0.2, 0.25) is 0 Å². The van der Waals surface area contributed by atoms with Crippen LogP contribution in [0.1, 0.15) is 16.1 Å². The SMILES string of the molecule is Cc1cc(Sc2ncccc2C(=O)O)n2ncnc2n1. The monoisotopic (exact) mass is 287 g/mol. The van der Waals surface area contributed by atoms with Gasteiger partial charge in [0.25, 0.3) is 5.78 Å². The Morgan fingerprint density at radius 3 is 3.05 bits per heavy atom. The molecule has 0 spiro atoms. The zero-order valence-electron chi connectivity index (χ0n) is 10.4. The summed E-state index contributed by atoms with van der Waals surface area (Å²) in [5.74, 6) is -0.540. The number of hydrogen-bond acceptors (Lipinski definition) is 6. The lowest BCUT2D eigenvalue weighted by atomic mass is 10.3. The molecule has 0 aromatic carbocycles. The fourth-order valence-electron chi connectivity index (χ4n) is 1.70. The molecule has 0 aliphatic carbocycles. The van der Waals surface area contributed by atoms with E-state index >= 15 is 0 Å². The maximum absolute atomic E-state index is 11.2. The summed E-state index contributed by atoms with van der Waals surface area (Å²) in [6, 6.07) is 4.92. The Morgan fingerprint density at radius 1 is 1.40 bits per heavy atom. The number of carboxylic acid groups (broad SMARTS) is 1. The van der Waals surface area contributed by atoms with Crippen molar-refractivity contribution in [1.82, 2.24) is 24.6 Å². The van der Waals surface area contributed by atoms with Crippen LogP contribution in [0.2, 0.25) is 0 Å². The highest BCUT2D eigenvalue weighted by Gasteiger charge is 2.14. The van der Waals surface area contributed by atoms with Gasteiger partial charge < -0.3 is 5.11 Å². The van der Waals surface area contributed by atoms with Crippen LogP contribution in [-0.4, -0.2) is 35.6 Å². The molecular formula is C12H9N5O2S. The predicted octanol–water partition coefficient (Wildman–Crippen LogP) is 1.68. The molecule has 100 valence electrons. The lowest BCUT2D eigenvalue weighted by Crippen LogP contribution is -2.02. The highest BCUT2D eigenvalue weighted by atomic mass is 32.2. The van der Waals surface area contributed by atoms with Crippen LogP contribution in [0.3, 0.4) is 0 Å².